The van der Waals surface area contributed by atoms with Crippen molar-refractivity contribution in [3.05, 3.63) is 60.2 Å². The summed E-state index contributed by atoms with van der Waals surface area (Å²) in [5, 5.41) is 0. The van der Waals surface area contributed by atoms with Crippen LogP contribution in [0.4, 0.5) is 0 Å². The van der Waals surface area contributed by atoms with Crippen molar-refractivity contribution in [1.29, 1.82) is 0 Å². The molecule has 2 amide bonds. The fourth-order valence-electron chi connectivity index (χ4n) is 4.93. The Hall–Kier alpha value is -2.62. The van der Waals surface area contributed by atoms with Crippen molar-refractivity contribution in [2.75, 3.05) is 27.2 Å². The second kappa shape index (κ2) is 8.25. The summed E-state index contributed by atoms with van der Waals surface area (Å²) in [5.41, 5.74) is 2.98. The normalized spacial score (nSPS) is 25.6. The summed E-state index contributed by atoms with van der Waals surface area (Å²) >= 11 is 0. The Morgan fingerprint density at radius 2 is 1.67 bits per heavy atom. The summed E-state index contributed by atoms with van der Waals surface area (Å²) in [6, 6.07) is 18.9. The molecule has 2 fully saturated rings. The van der Waals surface area contributed by atoms with Crippen molar-refractivity contribution in [2.45, 2.75) is 32.6 Å². The van der Waals surface area contributed by atoms with Crippen LogP contribution in [0.25, 0.3) is 11.1 Å². The molecule has 0 radical (unpaired) electrons. The van der Waals surface area contributed by atoms with Crippen LogP contribution >= 0.6 is 0 Å². The predicted octanol–water partition coefficient (Wildman–Crippen LogP) is 4.25. The molecule has 1 aliphatic carbocycles. The zero-order chi connectivity index (χ0) is 21.3. The first-order valence-electron chi connectivity index (χ1n) is 11.0. The highest BCUT2D eigenvalue weighted by Gasteiger charge is 2.48. The van der Waals surface area contributed by atoms with Gasteiger partial charge in [-0.15, -0.1) is 0 Å². The van der Waals surface area contributed by atoms with Gasteiger partial charge in [-0.2, -0.15) is 0 Å². The summed E-state index contributed by atoms with van der Waals surface area (Å²) in [4.78, 5) is 29.9. The standard InChI is InChI=1S/C26H32N2O2/c1-19-16-23(19)24(29)28-15-7-14-26(18-28,25(30)27(2)3)17-20-10-12-22(13-11-20)21-8-5-4-6-9-21/h4-6,8-13,19,23H,7,14-18H2,1-3H3/t19-,23+,26+/m1/s1. The molecule has 0 aromatic heterocycles. The number of rotatable bonds is 5. The van der Waals surface area contributed by atoms with Gasteiger partial charge in [-0.05, 0) is 48.3 Å². The highest BCUT2D eigenvalue weighted by molar-refractivity contribution is 5.86. The van der Waals surface area contributed by atoms with Gasteiger partial charge in [-0.1, -0.05) is 61.5 Å². The largest absolute Gasteiger partial charge is 0.348 e. The summed E-state index contributed by atoms with van der Waals surface area (Å²) in [7, 11) is 3.65. The van der Waals surface area contributed by atoms with Crippen LogP contribution < -0.4 is 0 Å². The van der Waals surface area contributed by atoms with Crippen LogP contribution in [0.5, 0.6) is 0 Å². The van der Waals surface area contributed by atoms with Gasteiger partial charge in [0.05, 0.1) is 5.41 Å². The van der Waals surface area contributed by atoms with Crippen LogP contribution in [0.1, 0.15) is 31.7 Å². The highest BCUT2D eigenvalue weighted by atomic mass is 16.2. The number of hydrogen-bond acceptors (Lipinski definition) is 2. The van der Waals surface area contributed by atoms with Gasteiger partial charge in [0.1, 0.15) is 0 Å². The quantitative estimate of drug-likeness (QED) is 0.748. The molecular formula is C26H32N2O2. The van der Waals surface area contributed by atoms with Gasteiger partial charge in [0.25, 0.3) is 0 Å². The Labute approximate surface area is 179 Å². The average Bonchev–Trinajstić information content (AvgIpc) is 3.50. The summed E-state index contributed by atoms with van der Waals surface area (Å²) in [6.07, 6.45) is 3.37. The van der Waals surface area contributed by atoms with Crippen LogP contribution in [0.15, 0.2) is 54.6 Å². The molecule has 0 N–H and O–H groups in total. The predicted molar refractivity (Wildman–Crippen MR) is 120 cm³/mol. The van der Waals surface area contributed by atoms with Crippen LogP contribution in [-0.4, -0.2) is 48.8 Å². The van der Waals surface area contributed by atoms with Crippen molar-refractivity contribution in [3.8, 4) is 11.1 Å². The number of likely N-dealkylation sites (tertiary alicyclic amines) is 1. The van der Waals surface area contributed by atoms with Crippen molar-refractivity contribution in [1.82, 2.24) is 9.80 Å². The van der Waals surface area contributed by atoms with E-state index in [1.165, 1.54) is 11.1 Å². The van der Waals surface area contributed by atoms with Gasteiger partial charge in [0.15, 0.2) is 0 Å². The lowest BCUT2D eigenvalue weighted by molar-refractivity contribution is -0.147. The third kappa shape index (κ3) is 4.14. The van der Waals surface area contributed by atoms with Gasteiger partial charge in [0.2, 0.25) is 11.8 Å². The summed E-state index contributed by atoms with van der Waals surface area (Å²) in [6.45, 7) is 3.45. The molecule has 1 aliphatic heterocycles. The highest BCUT2D eigenvalue weighted by Crippen LogP contribution is 2.42. The molecule has 3 atom stereocenters. The number of carbonyl (C=O) groups is 2. The van der Waals surface area contributed by atoms with E-state index < -0.39 is 5.41 Å². The minimum atomic E-state index is -0.538. The van der Waals surface area contributed by atoms with Gasteiger partial charge < -0.3 is 9.80 Å². The lowest BCUT2D eigenvalue weighted by Gasteiger charge is -2.43. The third-order valence-electron chi connectivity index (χ3n) is 6.78. The Bertz CT molecular complexity index is 906. The molecule has 0 spiro atoms. The molecule has 4 heteroatoms. The van der Waals surface area contributed by atoms with Gasteiger partial charge >= 0.3 is 0 Å². The topological polar surface area (TPSA) is 40.6 Å². The molecular weight excluding hydrogens is 372 g/mol. The lowest BCUT2D eigenvalue weighted by Crippen LogP contribution is -2.54. The number of piperidine rings is 1. The Morgan fingerprint density at radius 1 is 1.03 bits per heavy atom. The second-order valence-electron chi connectivity index (χ2n) is 9.40. The van der Waals surface area contributed by atoms with E-state index in [1.54, 1.807) is 4.90 Å². The van der Waals surface area contributed by atoms with E-state index in [4.69, 9.17) is 0 Å². The zero-order valence-electron chi connectivity index (χ0n) is 18.3. The van der Waals surface area contributed by atoms with E-state index in [1.807, 2.05) is 37.2 Å². The molecule has 0 unspecified atom stereocenters. The SMILES string of the molecule is C[C@@H]1C[C@@H]1C(=O)N1CCC[C@@](Cc2ccc(-c3ccccc3)cc2)(C(=O)N(C)C)C1. The van der Waals surface area contributed by atoms with E-state index in [2.05, 4.69) is 43.3 Å². The molecule has 2 aromatic carbocycles. The Balaban J connectivity index is 1.56. The smallest absolute Gasteiger partial charge is 0.230 e. The van der Waals surface area contributed by atoms with E-state index >= 15 is 0 Å². The van der Waals surface area contributed by atoms with Crippen molar-refractivity contribution >= 4 is 11.8 Å². The first kappa shape index (κ1) is 20.6. The van der Waals surface area contributed by atoms with E-state index in [-0.39, 0.29) is 17.7 Å². The summed E-state index contributed by atoms with van der Waals surface area (Å²) < 4.78 is 0. The van der Waals surface area contributed by atoms with Crippen molar-refractivity contribution in [2.24, 2.45) is 17.3 Å². The van der Waals surface area contributed by atoms with Crippen LogP contribution in [0, 0.1) is 17.3 Å². The van der Waals surface area contributed by atoms with E-state index in [9.17, 15) is 9.59 Å². The zero-order valence-corrected chi connectivity index (χ0v) is 18.3. The lowest BCUT2D eigenvalue weighted by atomic mass is 9.73. The monoisotopic (exact) mass is 404 g/mol. The van der Waals surface area contributed by atoms with E-state index in [0.717, 1.165) is 31.4 Å². The van der Waals surface area contributed by atoms with Crippen LogP contribution in [0.3, 0.4) is 0 Å². The van der Waals surface area contributed by atoms with Gasteiger partial charge in [-0.3, -0.25) is 9.59 Å². The summed E-state index contributed by atoms with van der Waals surface area (Å²) in [5.74, 6) is 1.04. The minimum absolute atomic E-state index is 0.135. The number of benzene rings is 2. The maximum Gasteiger partial charge on any atom is 0.230 e. The number of carbonyl (C=O) groups excluding carboxylic acids is 2. The fraction of sp³-hybridized carbons (Fsp3) is 0.462. The first-order chi connectivity index (χ1) is 14.4. The molecule has 2 aromatic rings. The molecule has 4 nitrogen and oxygen atoms in total. The molecule has 1 heterocycles. The van der Waals surface area contributed by atoms with E-state index in [0.29, 0.717) is 18.9 Å². The number of amides is 2. The Morgan fingerprint density at radius 3 is 2.27 bits per heavy atom. The maximum absolute atomic E-state index is 13.3. The average molecular weight is 405 g/mol. The first-order valence-corrected chi connectivity index (χ1v) is 11.0. The molecule has 1 saturated carbocycles. The van der Waals surface area contributed by atoms with Crippen LogP contribution in [0.2, 0.25) is 0 Å². The molecule has 2 aliphatic rings. The third-order valence-corrected chi connectivity index (χ3v) is 6.78. The molecule has 30 heavy (non-hydrogen) atoms. The number of nitrogens with zero attached hydrogens (tertiary/aromatic N) is 2. The van der Waals surface area contributed by atoms with Crippen molar-refractivity contribution in [3.63, 3.8) is 0 Å². The maximum atomic E-state index is 13.3. The number of hydrogen-bond donors (Lipinski definition) is 0. The molecule has 158 valence electrons. The fourth-order valence-corrected chi connectivity index (χ4v) is 4.93. The molecule has 4 rings (SSSR count). The molecule has 0 bridgehead atoms. The van der Waals surface area contributed by atoms with Crippen LogP contribution in [-0.2, 0) is 16.0 Å². The minimum Gasteiger partial charge on any atom is -0.348 e. The van der Waals surface area contributed by atoms with Gasteiger partial charge in [0, 0.05) is 33.1 Å². The Kier molecular flexibility index (Phi) is 5.68. The second-order valence-corrected chi connectivity index (χ2v) is 9.40. The van der Waals surface area contributed by atoms with Crippen molar-refractivity contribution < 1.29 is 9.59 Å². The molecule has 1 saturated heterocycles. The van der Waals surface area contributed by atoms with Gasteiger partial charge in [-0.25, -0.2) is 0 Å².